The van der Waals surface area contributed by atoms with Crippen molar-refractivity contribution in [3.05, 3.63) is 77.4 Å². The van der Waals surface area contributed by atoms with Crippen LogP contribution in [0.2, 0.25) is 0 Å². The highest BCUT2D eigenvalue weighted by Crippen LogP contribution is 2.21. The van der Waals surface area contributed by atoms with E-state index in [1.165, 1.54) is 16.3 Å². The van der Waals surface area contributed by atoms with Gasteiger partial charge in [-0.05, 0) is 41.3 Å². The van der Waals surface area contributed by atoms with E-state index in [2.05, 4.69) is 57.6 Å². The first kappa shape index (κ1) is 19.6. The number of nitrogens with zero attached hydrogens (tertiary/aromatic N) is 2. The molecule has 0 atom stereocenters. The van der Waals surface area contributed by atoms with E-state index in [4.69, 9.17) is 0 Å². The molecule has 1 heterocycles. The highest BCUT2D eigenvalue weighted by molar-refractivity contribution is 5.93. The average molecular weight is 388 g/mol. The number of nitrogens with one attached hydrogen (secondary N) is 1. The van der Waals surface area contributed by atoms with Crippen LogP contribution in [0.4, 0.5) is 5.69 Å². The minimum absolute atomic E-state index is 0.0740. The molecular weight excluding hydrogens is 358 g/mol. The van der Waals surface area contributed by atoms with Gasteiger partial charge in [-0.15, -0.1) is 0 Å². The quantitative estimate of drug-likeness (QED) is 0.712. The number of benzene rings is 3. The molecule has 0 saturated carbocycles. The maximum atomic E-state index is 12.5. The highest BCUT2D eigenvalue weighted by Gasteiger charge is 2.20. The number of carbonyl (C=O) groups is 1. The van der Waals surface area contributed by atoms with Crippen LogP contribution in [0, 0.1) is 13.8 Å². The number of para-hydroxylation sites is 1. The smallest absolute Gasteiger partial charge is 0.238 e. The first-order chi connectivity index (χ1) is 14.1. The molecule has 4 rings (SSSR count). The van der Waals surface area contributed by atoms with Crippen molar-refractivity contribution in [2.45, 2.75) is 20.4 Å². The Labute approximate surface area is 173 Å². The lowest BCUT2D eigenvalue weighted by atomic mass is 10.0. The molecule has 1 N–H and O–H groups in total. The molecule has 1 aliphatic heterocycles. The van der Waals surface area contributed by atoms with Gasteiger partial charge in [-0.3, -0.25) is 14.6 Å². The van der Waals surface area contributed by atoms with Crippen molar-refractivity contribution in [2.75, 3.05) is 38.0 Å². The second-order valence-electron chi connectivity index (χ2n) is 8.01. The minimum atomic E-state index is 0.0740. The van der Waals surface area contributed by atoms with E-state index in [0.29, 0.717) is 6.54 Å². The summed E-state index contributed by atoms with van der Waals surface area (Å²) in [6.45, 7) is 9.30. The predicted octanol–water partition coefficient (Wildman–Crippen LogP) is 4.21. The van der Waals surface area contributed by atoms with Gasteiger partial charge in [-0.1, -0.05) is 60.7 Å². The first-order valence-corrected chi connectivity index (χ1v) is 10.4. The number of piperazine rings is 1. The van der Waals surface area contributed by atoms with Gasteiger partial charge in [0, 0.05) is 38.4 Å². The number of rotatable bonds is 5. The van der Waals surface area contributed by atoms with Gasteiger partial charge in [-0.2, -0.15) is 0 Å². The number of fused-ring (bicyclic) bond motifs is 1. The first-order valence-electron chi connectivity index (χ1n) is 10.4. The molecule has 150 valence electrons. The Hall–Kier alpha value is -2.69. The van der Waals surface area contributed by atoms with Gasteiger partial charge in [0.15, 0.2) is 0 Å². The molecule has 0 aromatic heterocycles. The van der Waals surface area contributed by atoms with Crippen molar-refractivity contribution in [1.29, 1.82) is 0 Å². The van der Waals surface area contributed by atoms with Crippen LogP contribution < -0.4 is 5.32 Å². The molecule has 3 aromatic rings. The van der Waals surface area contributed by atoms with Crippen LogP contribution in [0.15, 0.2) is 60.7 Å². The standard InChI is InChI=1S/C25H29N3O/c1-19-7-5-8-20(2)25(19)26-24(29)18-28-15-13-27(14-16-28)17-22-11-6-10-21-9-3-4-12-23(21)22/h3-12H,13-18H2,1-2H3,(H,26,29). The topological polar surface area (TPSA) is 35.6 Å². The van der Waals surface area contributed by atoms with Crippen LogP contribution >= 0.6 is 0 Å². The van der Waals surface area contributed by atoms with Gasteiger partial charge in [0.25, 0.3) is 0 Å². The van der Waals surface area contributed by atoms with Crippen LogP contribution in [-0.2, 0) is 11.3 Å². The van der Waals surface area contributed by atoms with Gasteiger partial charge < -0.3 is 5.32 Å². The van der Waals surface area contributed by atoms with E-state index in [-0.39, 0.29) is 5.91 Å². The summed E-state index contributed by atoms with van der Waals surface area (Å²) in [7, 11) is 0. The summed E-state index contributed by atoms with van der Waals surface area (Å²) in [4.78, 5) is 17.3. The van der Waals surface area contributed by atoms with Crippen molar-refractivity contribution in [2.24, 2.45) is 0 Å². The van der Waals surface area contributed by atoms with Gasteiger partial charge >= 0.3 is 0 Å². The maximum absolute atomic E-state index is 12.5. The normalized spacial score (nSPS) is 15.5. The molecule has 1 amide bonds. The van der Waals surface area contributed by atoms with Crippen LogP contribution in [0.1, 0.15) is 16.7 Å². The Morgan fingerprint density at radius 1 is 0.828 bits per heavy atom. The summed E-state index contributed by atoms with van der Waals surface area (Å²) < 4.78 is 0. The van der Waals surface area contributed by atoms with E-state index >= 15 is 0 Å². The number of carbonyl (C=O) groups excluding carboxylic acids is 1. The monoisotopic (exact) mass is 387 g/mol. The van der Waals surface area contributed by atoms with Crippen molar-refractivity contribution < 1.29 is 4.79 Å². The van der Waals surface area contributed by atoms with Crippen molar-refractivity contribution >= 4 is 22.4 Å². The van der Waals surface area contributed by atoms with Crippen LogP contribution in [0.3, 0.4) is 0 Å². The Kier molecular flexibility index (Phi) is 5.93. The fraction of sp³-hybridized carbons (Fsp3) is 0.320. The Balaban J connectivity index is 1.31. The van der Waals surface area contributed by atoms with Crippen molar-refractivity contribution in [3.63, 3.8) is 0 Å². The Bertz CT molecular complexity index is 980. The van der Waals surface area contributed by atoms with Gasteiger partial charge in [0.2, 0.25) is 5.91 Å². The zero-order valence-electron chi connectivity index (χ0n) is 17.3. The van der Waals surface area contributed by atoms with Gasteiger partial charge in [0.05, 0.1) is 6.54 Å². The zero-order valence-corrected chi connectivity index (χ0v) is 17.3. The summed E-state index contributed by atoms with van der Waals surface area (Å²) in [5.74, 6) is 0.0740. The zero-order chi connectivity index (χ0) is 20.2. The predicted molar refractivity (Wildman–Crippen MR) is 120 cm³/mol. The third-order valence-corrected chi connectivity index (χ3v) is 5.85. The van der Waals surface area contributed by atoms with E-state index in [0.717, 1.165) is 49.5 Å². The largest absolute Gasteiger partial charge is 0.324 e. The van der Waals surface area contributed by atoms with Gasteiger partial charge in [-0.25, -0.2) is 0 Å². The average Bonchev–Trinajstić information content (AvgIpc) is 2.73. The molecule has 1 fully saturated rings. The summed E-state index contributed by atoms with van der Waals surface area (Å²) >= 11 is 0. The molecule has 3 aromatic carbocycles. The molecular formula is C25H29N3O. The lowest BCUT2D eigenvalue weighted by Crippen LogP contribution is -2.48. The summed E-state index contributed by atoms with van der Waals surface area (Å²) in [5, 5.41) is 5.74. The van der Waals surface area contributed by atoms with E-state index < -0.39 is 0 Å². The Morgan fingerprint density at radius 2 is 1.45 bits per heavy atom. The number of aryl methyl sites for hydroxylation is 2. The van der Waals surface area contributed by atoms with E-state index in [1.807, 2.05) is 32.0 Å². The third kappa shape index (κ3) is 4.66. The van der Waals surface area contributed by atoms with Gasteiger partial charge in [0.1, 0.15) is 0 Å². The van der Waals surface area contributed by atoms with Crippen LogP contribution in [-0.4, -0.2) is 48.4 Å². The van der Waals surface area contributed by atoms with Crippen LogP contribution in [0.5, 0.6) is 0 Å². The SMILES string of the molecule is Cc1cccc(C)c1NC(=O)CN1CCN(Cc2cccc3ccccc23)CC1. The van der Waals surface area contributed by atoms with E-state index in [1.54, 1.807) is 0 Å². The molecule has 4 heteroatoms. The Morgan fingerprint density at radius 3 is 2.21 bits per heavy atom. The molecule has 0 radical (unpaired) electrons. The molecule has 0 spiro atoms. The number of anilines is 1. The fourth-order valence-electron chi connectivity index (χ4n) is 4.17. The molecule has 0 unspecified atom stereocenters. The minimum Gasteiger partial charge on any atom is -0.324 e. The van der Waals surface area contributed by atoms with Crippen LogP contribution in [0.25, 0.3) is 10.8 Å². The second-order valence-corrected chi connectivity index (χ2v) is 8.01. The summed E-state index contributed by atoms with van der Waals surface area (Å²) in [6.07, 6.45) is 0. The van der Waals surface area contributed by atoms with Crippen molar-refractivity contribution in [3.8, 4) is 0 Å². The highest BCUT2D eigenvalue weighted by atomic mass is 16.2. The fourth-order valence-corrected chi connectivity index (χ4v) is 4.17. The lowest BCUT2D eigenvalue weighted by molar-refractivity contribution is -0.117. The third-order valence-electron chi connectivity index (χ3n) is 5.85. The number of hydrogen-bond acceptors (Lipinski definition) is 3. The number of amides is 1. The molecule has 1 aliphatic rings. The molecule has 1 saturated heterocycles. The second kappa shape index (κ2) is 8.76. The van der Waals surface area contributed by atoms with Crippen molar-refractivity contribution in [1.82, 2.24) is 9.80 Å². The number of hydrogen-bond donors (Lipinski definition) is 1. The summed E-state index contributed by atoms with van der Waals surface area (Å²) in [5.41, 5.74) is 4.55. The summed E-state index contributed by atoms with van der Waals surface area (Å²) in [6, 6.07) is 21.2. The van der Waals surface area contributed by atoms with E-state index in [9.17, 15) is 4.79 Å². The molecule has 4 nitrogen and oxygen atoms in total. The maximum Gasteiger partial charge on any atom is 0.238 e. The molecule has 29 heavy (non-hydrogen) atoms. The lowest BCUT2D eigenvalue weighted by Gasteiger charge is -2.34. The molecule has 0 aliphatic carbocycles. The molecule has 0 bridgehead atoms.